The van der Waals surface area contributed by atoms with E-state index in [4.69, 9.17) is 9.84 Å². The number of aromatic nitrogens is 2. The van der Waals surface area contributed by atoms with E-state index < -0.39 is 12.1 Å². The molecule has 1 unspecified atom stereocenters. The molecule has 0 saturated heterocycles. The van der Waals surface area contributed by atoms with E-state index >= 15 is 0 Å². The summed E-state index contributed by atoms with van der Waals surface area (Å²) in [6.07, 6.45) is 1.19. The summed E-state index contributed by atoms with van der Waals surface area (Å²) in [5.74, 6) is -0.407. The molecule has 1 heterocycles. The van der Waals surface area contributed by atoms with E-state index in [2.05, 4.69) is 17.0 Å². The molecule has 124 valence electrons. The van der Waals surface area contributed by atoms with Crippen LogP contribution in [-0.4, -0.2) is 38.9 Å². The van der Waals surface area contributed by atoms with Crippen LogP contribution in [-0.2, 0) is 24.9 Å². The number of aliphatic carboxylic acids is 1. The molecular weight excluding hydrogens is 294 g/mol. The lowest BCUT2D eigenvalue weighted by Crippen LogP contribution is -2.22. The van der Waals surface area contributed by atoms with Gasteiger partial charge < -0.3 is 9.84 Å². The molecule has 6 nitrogen and oxygen atoms in total. The predicted octanol–water partition coefficient (Wildman–Crippen LogP) is 2.21. The van der Waals surface area contributed by atoms with E-state index in [0.717, 1.165) is 24.3 Å². The number of hydrogen-bond acceptors (Lipinski definition) is 4. The number of rotatable bonds is 7. The maximum atomic E-state index is 10.8. The van der Waals surface area contributed by atoms with Crippen LogP contribution in [0.2, 0.25) is 0 Å². The fourth-order valence-corrected chi connectivity index (χ4v) is 2.39. The van der Waals surface area contributed by atoms with Gasteiger partial charge in [0.05, 0.1) is 5.69 Å². The lowest BCUT2D eigenvalue weighted by Gasteiger charge is -2.17. The first-order chi connectivity index (χ1) is 10.8. The Bertz CT molecular complexity index is 664. The highest BCUT2D eigenvalue weighted by molar-refractivity contribution is 5.72. The van der Waals surface area contributed by atoms with E-state index in [1.54, 1.807) is 12.1 Å². The summed E-state index contributed by atoms with van der Waals surface area (Å²) in [5.41, 5.74) is 3.40. The quantitative estimate of drug-likeness (QED) is 0.848. The number of hydrogen-bond donors (Lipinski definition) is 1. The van der Waals surface area contributed by atoms with Gasteiger partial charge in [0, 0.05) is 31.9 Å². The Morgan fingerprint density at radius 2 is 2.00 bits per heavy atom. The van der Waals surface area contributed by atoms with Gasteiger partial charge in [-0.1, -0.05) is 12.1 Å². The van der Waals surface area contributed by atoms with Crippen LogP contribution in [0.25, 0.3) is 0 Å². The van der Waals surface area contributed by atoms with Gasteiger partial charge in [-0.15, -0.1) is 0 Å². The summed E-state index contributed by atoms with van der Waals surface area (Å²) in [4.78, 5) is 13.0. The molecular formula is C17H23N3O3. The Morgan fingerprint density at radius 3 is 2.52 bits per heavy atom. The number of ether oxygens (including phenoxy) is 1. The van der Waals surface area contributed by atoms with Gasteiger partial charge in [-0.05, 0) is 38.6 Å². The molecule has 0 fully saturated rings. The van der Waals surface area contributed by atoms with Gasteiger partial charge in [-0.3, -0.25) is 9.58 Å². The van der Waals surface area contributed by atoms with Crippen molar-refractivity contribution >= 4 is 5.97 Å². The van der Waals surface area contributed by atoms with Gasteiger partial charge in [0.2, 0.25) is 0 Å². The molecule has 0 saturated carbocycles. The minimum atomic E-state index is -0.972. The van der Waals surface area contributed by atoms with Crippen LogP contribution in [0.5, 0.6) is 5.75 Å². The molecule has 1 atom stereocenters. The number of aryl methyl sites for hydroxylation is 2. The van der Waals surface area contributed by atoms with Crippen LogP contribution in [0.1, 0.15) is 23.7 Å². The average Bonchev–Trinajstić information content (AvgIpc) is 2.78. The first-order valence-electron chi connectivity index (χ1n) is 7.51. The van der Waals surface area contributed by atoms with Gasteiger partial charge >= 0.3 is 5.97 Å². The van der Waals surface area contributed by atoms with Crippen LogP contribution >= 0.6 is 0 Å². The van der Waals surface area contributed by atoms with E-state index in [0.29, 0.717) is 5.75 Å². The van der Waals surface area contributed by atoms with Crippen LogP contribution in [0.15, 0.2) is 30.5 Å². The summed E-state index contributed by atoms with van der Waals surface area (Å²) in [5, 5.41) is 13.2. The van der Waals surface area contributed by atoms with Crippen molar-refractivity contribution in [2.75, 3.05) is 7.05 Å². The predicted molar refractivity (Wildman–Crippen MR) is 87.3 cm³/mol. The smallest absolute Gasteiger partial charge is 0.344 e. The summed E-state index contributed by atoms with van der Waals surface area (Å²) in [6.45, 7) is 5.15. The van der Waals surface area contributed by atoms with Gasteiger partial charge in [0.15, 0.2) is 6.10 Å². The topological polar surface area (TPSA) is 67.6 Å². The Kier molecular flexibility index (Phi) is 5.39. The zero-order chi connectivity index (χ0) is 17.0. The molecule has 1 aromatic carbocycles. The molecule has 0 spiro atoms. The van der Waals surface area contributed by atoms with Crippen molar-refractivity contribution in [2.24, 2.45) is 7.05 Å². The number of benzene rings is 1. The molecule has 2 aromatic rings. The number of nitrogens with zero attached hydrogens (tertiary/aromatic N) is 3. The summed E-state index contributed by atoms with van der Waals surface area (Å²) >= 11 is 0. The normalized spacial score (nSPS) is 12.4. The van der Waals surface area contributed by atoms with Crippen LogP contribution in [0.4, 0.5) is 0 Å². The van der Waals surface area contributed by atoms with Crippen molar-refractivity contribution in [3.8, 4) is 5.75 Å². The zero-order valence-electron chi connectivity index (χ0n) is 14.0. The van der Waals surface area contributed by atoms with E-state index in [1.807, 2.05) is 37.0 Å². The fourth-order valence-electron chi connectivity index (χ4n) is 2.39. The molecule has 0 radical (unpaired) electrons. The third-order valence-corrected chi connectivity index (χ3v) is 3.59. The summed E-state index contributed by atoms with van der Waals surface area (Å²) in [7, 11) is 3.98. The van der Waals surface area contributed by atoms with Gasteiger partial charge in [-0.2, -0.15) is 5.10 Å². The second-order valence-corrected chi connectivity index (χ2v) is 5.83. The van der Waals surface area contributed by atoms with Crippen molar-refractivity contribution in [1.82, 2.24) is 14.7 Å². The van der Waals surface area contributed by atoms with Crippen molar-refractivity contribution in [1.29, 1.82) is 0 Å². The average molecular weight is 317 g/mol. The molecule has 6 heteroatoms. The lowest BCUT2D eigenvalue weighted by molar-refractivity contribution is -0.144. The SMILES string of the molecule is Cc1nn(C)cc1CN(C)Cc1ccc(OC(C)C(=O)O)cc1. The molecule has 0 amide bonds. The van der Waals surface area contributed by atoms with Crippen molar-refractivity contribution < 1.29 is 14.6 Å². The molecule has 1 N–H and O–H groups in total. The highest BCUT2D eigenvalue weighted by atomic mass is 16.5. The van der Waals surface area contributed by atoms with Crippen molar-refractivity contribution in [3.05, 3.63) is 47.3 Å². The third-order valence-electron chi connectivity index (χ3n) is 3.59. The maximum Gasteiger partial charge on any atom is 0.344 e. The Labute approximate surface area is 136 Å². The van der Waals surface area contributed by atoms with Crippen molar-refractivity contribution in [3.63, 3.8) is 0 Å². The number of carboxylic acids is 1. The van der Waals surface area contributed by atoms with Crippen LogP contribution in [0, 0.1) is 6.92 Å². The minimum Gasteiger partial charge on any atom is -0.479 e. The molecule has 23 heavy (non-hydrogen) atoms. The molecule has 0 bridgehead atoms. The third kappa shape index (κ3) is 4.82. The van der Waals surface area contributed by atoms with Gasteiger partial charge in [0.25, 0.3) is 0 Å². The standard InChI is InChI=1S/C17H23N3O3/c1-12-15(11-20(4)18-12)10-19(3)9-14-5-7-16(8-6-14)23-13(2)17(21)22/h5-8,11,13H,9-10H2,1-4H3,(H,21,22). The maximum absolute atomic E-state index is 10.8. The molecule has 1 aromatic heterocycles. The highest BCUT2D eigenvalue weighted by Crippen LogP contribution is 2.16. The molecule has 0 aliphatic heterocycles. The first kappa shape index (κ1) is 17.0. The highest BCUT2D eigenvalue weighted by Gasteiger charge is 2.12. The van der Waals surface area contributed by atoms with Crippen LogP contribution in [0.3, 0.4) is 0 Å². The Hall–Kier alpha value is -2.34. The summed E-state index contributed by atoms with van der Waals surface area (Å²) < 4.78 is 7.15. The summed E-state index contributed by atoms with van der Waals surface area (Å²) in [6, 6.07) is 7.52. The monoisotopic (exact) mass is 317 g/mol. The number of carbonyl (C=O) groups is 1. The molecule has 0 aliphatic rings. The molecule has 0 aliphatic carbocycles. The van der Waals surface area contributed by atoms with E-state index in [-0.39, 0.29) is 0 Å². The number of carboxylic acid groups (broad SMARTS) is 1. The fraction of sp³-hybridized carbons (Fsp3) is 0.412. The zero-order valence-corrected chi connectivity index (χ0v) is 14.0. The van der Waals surface area contributed by atoms with E-state index in [1.165, 1.54) is 12.5 Å². The van der Waals surface area contributed by atoms with Crippen LogP contribution < -0.4 is 4.74 Å². The van der Waals surface area contributed by atoms with Gasteiger partial charge in [-0.25, -0.2) is 4.79 Å². The Balaban J connectivity index is 1.92. The Morgan fingerprint density at radius 1 is 1.35 bits per heavy atom. The van der Waals surface area contributed by atoms with E-state index in [9.17, 15) is 4.79 Å². The minimum absolute atomic E-state index is 0.564. The lowest BCUT2D eigenvalue weighted by atomic mass is 10.2. The van der Waals surface area contributed by atoms with Gasteiger partial charge in [0.1, 0.15) is 5.75 Å². The second kappa shape index (κ2) is 7.28. The first-order valence-corrected chi connectivity index (χ1v) is 7.51. The van der Waals surface area contributed by atoms with Crippen molar-refractivity contribution in [2.45, 2.75) is 33.0 Å². The second-order valence-electron chi connectivity index (χ2n) is 5.83. The molecule has 2 rings (SSSR count). The largest absolute Gasteiger partial charge is 0.479 e.